The van der Waals surface area contributed by atoms with Crippen molar-refractivity contribution in [3.05, 3.63) is 23.8 Å². The van der Waals surface area contributed by atoms with Gasteiger partial charge in [-0.15, -0.1) is 0 Å². The van der Waals surface area contributed by atoms with Crippen LogP contribution in [0.2, 0.25) is 0 Å². The fraction of sp³-hybridized carbons (Fsp3) is 0.611. The van der Waals surface area contributed by atoms with E-state index in [-0.39, 0.29) is 11.4 Å². The second-order valence-corrected chi connectivity index (χ2v) is 6.35. The number of methoxy groups -OCH3 is 2. The Bertz CT molecular complexity index is 561. The van der Waals surface area contributed by atoms with E-state index in [9.17, 15) is 4.79 Å². The highest BCUT2D eigenvalue weighted by Gasteiger charge is 2.45. The third-order valence-corrected chi connectivity index (χ3v) is 4.82. The van der Waals surface area contributed by atoms with Gasteiger partial charge in [-0.3, -0.25) is 4.79 Å². The number of hydrogen-bond donors (Lipinski definition) is 0. The molecule has 1 aromatic carbocycles. The summed E-state index contributed by atoms with van der Waals surface area (Å²) in [6, 6.07) is 5.73. The molecule has 6 nitrogen and oxygen atoms in total. The van der Waals surface area contributed by atoms with E-state index >= 15 is 0 Å². The van der Waals surface area contributed by atoms with Crippen LogP contribution >= 0.6 is 0 Å². The number of ether oxygens (including phenoxy) is 4. The SMILES string of the molecule is COc1cc(CCC(=O)N2CCOCC23CCOC3)cc(OC)c1. The van der Waals surface area contributed by atoms with Crippen molar-refractivity contribution >= 4 is 5.91 Å². The predicted octanol–water partition coefficient (Wildman–Crippen LogP) is 1.65. The van der Waals surface area contributed by atoms with Gasteiger partial charge in [-0.25, -0.2) is 0 Å². The van der Waals surface area contributed by atoms with E-state index in [1.165, 1.54) is 0 Å². The number of morpholine rings is 1. The summed E-state index contributed by atoms with van der Waals surface area (Å²) in [5, 5.41) is 0. The van der Waals surface area contributed by atoms with E-state index in [1.807, 2.05) is 23.1 Å². The average molecular weight is 335 g/mol. The van der Waals surface area contributed by atoms with Crippen LogP contribution in [0.3, 0.4) is 0 Å². The number of amides is 1. The first-order valence-electron chi connectivity index (χ1n) is 8.35. The smallest absolute Gasteiger partial charge is 0.223 e. The molecule has 0 radical (unpaired) electrons. The molecule has 1 atom stereocenters. The minimum absolute atomic E-state index is 0.158. The lowest BCUT2D eigenvalue weighted by atomic mass is 9.95. The molecule has 0 N–H and O–H groups in total. The quantitative estimate of drug-likeness (QED) is 0.819. The minimum atomic E-state index is -0.262. The molecule has 1 amide bonds. The van der Waals surface area contributed by atoms with Crippen LogP contribution in [0.1, 0.15) is 18.4 Å². The van der Waals surface area contributed by atoms with Crippen molar-refractivity contribution < 1.29 is 23.7 Å². The Hall–Kier alpha value is -1.79. The molecular formula is C18H25NO5. The van der Waals surface area contributed by atoms with Crippen molar-refractivity contribution in [1.82, 2.24) is 4.90 Å². The van der Waals surface area contributed by atoms with E-state index in [4.69, 9.17) is 18.9 Å². The van der Waals surface area contributed by atoms with Gasteiger partial charge >= 0.3 is 0 Å². The maximum atomic E-state index is 12.8. The molecule has 1 spiro atoms. The Balaban J connectivity index is 1.66. The second kappa shape index (κ2) is 7.40. The topological polar surface area (TPSA) is 57.2 Å². The first kappa shape index (κ1) is 17.0. The normalized spacial score (nSPS) is 23.5. The Kier molecular flexibility index (Phi) is 5.26. The zero-order valence-electron chi connectivity index (χ0n) is 14.4. The molecule has 24 heavy (non-hydrogen) atoms. The third-order valence-electron chi connectivity index (χ3n) is 4.82. The van der Waals surface area contributed by atoms with Crippen molar-refractivity contribution in [3.63, 3.8) is 0 Å². The van der Waals surface area contributed by atoms with E-state index < -0.39 is 0 Å². The number of benzene rings is 1. The molecule has 6 heteroatoms. The minimum Gasteiger partial charge on any atom is -0.497 e. The molecule has 2 aliphatic rings. The number of carbonyl (C=O) groups excluding carboxylic acids is 1. The molecule has 2 aliphatic heterocycles. The summed E-state index contributed by atoms with van der Waals surface area (Å²) in [6.45, 7) is 3.09. The number of rotatable bonds is 5. The molecule has 3 rings (SSSR count). The van der Waals surface area contributed by atoms with Crippen LogP contribution in [0.5, 0.6) is 11.5 Å². The number of aryl methyl sites for hydroxylation is 1. The Morgan fingerprint density at radius 2 is 1.79 bits per heavy atom. The molecule has 2 heterocycles. The maximum Gasteiger partial charge on any atom is 0.223 e. The first-order chi connectivity index (χ1) is 11.7. The standard InChI is InChI=1S/C18H25NO5/c1-21-15-9-14(10-16(11-15)22-2)3-4-17(20)19-6-8-24-13-18(19)5-7-23-12-18/h9-11H,3-8,12-13H2,1-2H3. The monoisotopic (exact) mass is 335 g/mol. The summed E-state index contributed by atoms with van der Waals surface area (Å²) in [4.78, 5) is 14.8. The van der Waals surface area contributed by atoms with Gasteiger partial charge < -0.3 is 23.8 Å². The lowest BCUT2D eigenvalue weighted by Crippen LogP contribution is -2.59. The van der Waals surface area contributed by atoms with E-state index in [0.717, 1.165) is 23.5 Å². The summed E-state index contributed by atoms with van der Waals surface area (Å²) >= 11 is 0. The Morgan fingerprint density at radius 3 is 2.42 bits per heavy atom. The highest BCUT2D eigenvalue weighted by Crippen LogP contribution is 2.30. The van der Waals surface area contributed by atoms with Gasteiger partial charge in [0.15, 0.2) is 0 Å². The van der Waals surface area contributed by atoms with Crippen LogP contribution in [0, 0.1) is 0 Å². The zero-order chi connectivity index (χ0) is 17.0. The van der Waals surface area contributed by atoms with Crippen molar-refractivity contribution in [2.24, 2.45) is 0 Å². The number of hydrogen-bond acceptors (Lipinski definition) is 5. The number of carbonyl (C=O) groups is 1. The third kappa shape index (κ3) is 3.49. The fourth-order valence-corrected chi connectivity index (χ4v) is 3.44. The highest BCUT2D eigenvalue weighted by atomic mass is 16.5. The first-order valence-corrected chi connectivity index (χ1v) is 8.35. The summed E-state index contributed by atoms with van der Waals surface area (Å²) in [5.41, 5.74) is 0.769. The molecule has 2 fully saturated rings. The van der Waals surface area contributed by atoms with Crippen LogP contribution in [-0.2, 0) is 20.7 Å². The molecule has 1 aromatic rings. The fourth-order valence-electron chi connectivity index (χ4n) is 3.44. The van der Waals surface area contributed by atoms with Crippen molar-refractivity contribution in [2.45, 2.75) is 24.8 Å². The van der Waals surface area contributed by atoms with E-state index in [1.54, 1.807) is 14.2 Å². The molecule has 1 unspecified atom stereocenters. The number of nitrogens with zero attached hydrogens (tertiary/aromatic N) is 1. The Labute approximate surface area is 142 Å². The van der Waals surface area contributed by atoms with Crippen LogP contribution in [0.4, 0.5) is 0 Å². The van der Waals surface area contributed by atoms with Gasteiger partial charge in [-0.05, 0) is 30.5 Å². The molecule has 132 valence electrons. The van der Waals surface area contributed by atoms with Crippen LogP contribution in [0.15, 0.2) is 18.2 Å². The summed E-state index contributed by atoms with van der Waals surface area (Å²) < 4.78 is 21.7. The van der Waals surface area contributed by atoms with Gasteiger partial charge in [0.1, 0.15) is 11.5 Å². The summed E-state index contributed by atoms with van der Waals surface area (Å²) in [6.07, 6.45) is 1.96. The van der Waals surface area contributed by atoms with Gasteiger partial charge in [-0.2, -0.15) is 0 Å². The predicted molar refractivity (Wildman–Crippen MR) is 88.6 cm³/mol. The van der Waals surface area contributed by atoms with Gasteiger partial charge in [0.2, 0.25) is 5.91 Å². The summed E-state index contributed by atoms with van der Waals surface area (Å²) in [5.74, 6) is 1.64. The van der Waals surface area contributed by atoms with E-state index in [0.29, 0.717) is 45.8 Å². The zero-order valence-corrected chi connectivity index (χ0v) is 14.4. The van der Waals surface area contributed by atoms with Gasteiger partial charge in [0.25, 0.3) is 0 Å². The average Bonchev–Trinajstić information content (AvgIpc) is 3.08. The van der Waals surface area contributed by atoms with Gasteiger partial charge in [-0.1, -0.05) is 0 Å². The van der Waals surface area contributed by atoms with Crippen LogP contribution in [0.25, 0.3) is 0 Å². The molecule has 0 saturated carbocycles. The molecule has 0 bridgehead atoms. The van der Waals surface area contributed by atoms with Crippen molar-refractivity contribution in [3.8, 4) is 11.5 Å². The van der Waals surface area contributed by atoms with E-state index in [2.05, 4.69) is 0 Å². The molecule has 0 aliphatic carbocycles. The lowest BCUT2D eigenvalue weighted by Gasteiger charge is -2.43. The Morgan fingerprint density at radius 1 is 1.12 bits per heavy atom. The second-order valence-electron chi connectivity index (χ2n) is 6.35. The maximum absolute atomic E-state index is 12.8. The largest absolute Gasteiger partial charge is 0.497 e. The van der Waals surface area contributed by atoms with Crippen LogP contribution < -0.4 is 9.47 Å². The molecule has 2 saturated heterocycles. The lowest BCUT2D eigenvalue weighted by molar-refractivity contribution is -0.149. The van der Waals surface area contributed by atoms with Gasteiger partial charge in [0, 0.05) is 25.6 Å². The van der Waals surface area contributed by atoms with Crippen molar-refractivity contribution in [1.29, 1.82) is 0 Å². The highest BCUT2D eigenvalue weighted by molar-refractivity contribution is 5.77. The summed E-state index contributed by atoms with van der Waals surface area (Å²) in [7, 11) is 3.25. The molecule has 0 aromatic heterocycles. The van der Waals surface area contributed by atoms with Gasteiger partial charge in [0.05, 0.1) is 39.6 Å². The molecular weight excluding hydrogens is 310 g/mol. The van der Waals surface area contributed by atoms with Crippen molar-refractivity contribution in [2.75, 3.05) is 47.2 Å². The van der Waals surface area contributed by atoms with Crippen LogP contribution in [-0.4, -0.2) is 63.5 Å².